The van der Waals surface area contributed by atoms with E-state index in [0.29, 0.717) is 12.2 Å². The Bertz CT molecular complexity index is 624. The summed E-state index contributed by atoms with van der Waals surface area (Å²) in [4.78, 5) is 2.06. The molecule has 0 bridgehead atoms. The van der Waals surface area contributed by atoms with Crippen LogP contribution < -0.4 is 10.5 Å². The van der Waals surface area contributed by atoms with Gasteiger partial charge in [-0.05, 0) is 31.6 Å². The normalized spacial score (nSPS) is 12.1. The van der Waals surface area contributed by atoms with Gasteiger partial charge in [-0.15, -0.1) is 0 Å². The fourth-order valence-corrected chi connectivity index (χ4v) is 2.01. The highest BCUT2D eigenvalue weighted by Gasteiger charge is 2.09. The van der Waals surface area contributed by atoms with Crippen molar-refractivity contribution in [1.82, 2.24) is 4.90 Å². The van der Waals surface area contributed by atoms with Gasteiger partial charge in [-0.3, -0.25) is 0 Å². The molecular weight excluding hydrogens is 254 g/mol. The Hall–Kier alpha value is -2.27. The molecular formula is C15H19N3O2. The number of likely N-dealkylation sites (N-methyl/N-ethyl adjacent to an activating group) is 1. The molecule has 20 heavy (non-hydrogen) atoms. The summed E-state index contributed by atoms with van der Waals surface area (Å²) in [5, 5.41) is 13.8. The largest absolute Gasteiger partial charge is 0.492 e. The summed E-state index contributed by atoms with van der Waals surface area (Å²) < 4.78 is 5.81. The van der Waals surface area contributed by atoms with Crippen LogP contribution in [-0.4, -0.2) is 43.2 Å². The molecule has 3 N–H and O–H groups in total. The van der Waals surface area contributed by atoms with Gasteiger partial charge in [0.1, 0.15) is 12.4 Å². The minimum Gasteiger partial charge on any atom is -0.492 e. The first-order chi connectivity index (χ1) is 9.63. The van der Waals surface area contributed by atoms with Crippen LogP contribution in [0.3, 0.4) is 0 Å². The molecule has 0 radical (unpaired) electrons. The lowest BCUT2D eigenvalue weighted by molar-refractivity contribution is 0.263. The van der Waals surface area contributed by atoms with Crippen molar-refractivity contribution in [3.8, 4) is 5.75 Å². The zero-order valence-corrected chi connectivity index (χ0v) is 11.7. The average Bonchev–Trinajstić information content (AvgIpc) is 2.46. The SMILES string of the molecule is CN(C)CCOc1ccc(/C(N)=N/O)c2ccccc12. The topological polar surface area (TPSA) is 71.1 Å². The number of rotatable bonds is 5. The summed E-state index contributed by atoms with van der Waals surface area (Å²) in [6.07, 6.45) is 0. The molecule has 2 rings (SSSR count). The first kappa shape index (κ1) is 14.1. The van der Waals surface area contributed by atoms with Gasteiger partial charge in [-0.25, -0.2) is 0 Å². The van der Waals surface area contributed by atoms with Crippen molar-refractivity contribution in [3.05, 3.63) is 42.0 Å². The molecule has 0 aliphatic carbocycles. The molecule has 0 saturated heterocycles. The van der Waals surface area contributed by atoms with E-state index < -0.39 is 0 Å². The molecule has 0 aliphatic rings. The molecule has 0 heterocycles. The minimum absolute atomic E-state index is 0.0982. The molecule has 2 aromatic carbocycles. The highest BCUT2D eigenvalue weighted by Crippen LogP contribution is 2.28. The van der Waals surface area contributed by atoms with Gasteiger partial charge < -0.3 is 20.6 Å². The molecule has 0 aliphatic heterocycles. The van der Waals surface area contributed by atoms with E-state index in [1.165, 1.54) is 0 Å². The van der Waals surface area contributed by atoms with E-state index in [0.717, 1.165) is 23.1 Å². The van der Waals surface area contributed by atoms with Crippen molar-refractivity contribution in [1.29, 1.82) is 0 Å². The number of benzene rings is 2. The number of hydrogen-bond acceptors (Lipinski definition) is 4. The second kappa shape index (κ2) is 6.25. The summed E-state index contributed by atoms with van der Waals surface area (Å²) in [5.74, 6) is 0.901. The Kier molecular flexibility index (Phi) is 4.42. The van der Waals surface area contributed by atoms with Gasteiger partial charge in [-0.2, -0.15) is 0 Å². The lowest BCUT2D eigenvalue weighted by Crippen LogP contribution is -2.19. The Morgan fingerprint density at radius 2 is 1.90 bits per heavy atom. The summed E-state index contributed by atoms with van der Waals surface area (Å²) >= 11 is 0. The van der Waals surface area contributed by atoms with Crippen molar-refractivity contribution < 1.29 is 9.94 Å². The number of amidine groups is 1. The van der Waals surface area contributed by atoms with Gasteiger partial charge in [-0.1, -0.05) is 29.4 Å². The maximum absolute atomic E-state index is 8.85. The maximum atomic E-state index is 8.85. The van der Waals surface area contributed by atoms with E-state index >= 15 is 0 Å². The minimum atomic E-state index is 0.0982. The van der Waals surface area contributed by atoms with Crippen LogP contribution in [0.25, 0.3) is 10.8 Å². The van der Waals surface area contributed by atoms with Crippen LogP contribution in [0.5, 0.6) is 5.75 Å². The standard InChI is InChI=1S/C15H19N3O2/c1-18(2)9-10-20-14-8-7-13(15(16)17-19)11-5-3-4-6-12(11)14/h3-8,19H,9-10H2,1-2H3,(H2,16,17). The number of nitrogens with two attached hydrogens (primary N) is 1. The van der Waals surface area contributed by atoms with E-state index in [2.05, 4.69) is 10.1 Å². The van der Waals surface area contributed by atoms with Crippen LogP contribution in [0, 0.1) is 0 Å². The fraction of sp³-hybridized carbons (Fsp3) is 0.267. The van der Waals surface area contributed by atoms with Crippen LogP contribution >= 0.6 is 0 Å². The van der Waals surface area contributed by atoms with E-state index in [1.54, 1.807) is 0 Å². The van der Waals surface area contributed by atoms with Crippen LogP contribution in [0.15, 0.2) is 41.6 Å². The van der Waals surface area contributed by atoms with Crippen molar-refractivity contribution in [2.24, 2.45) is 10.9 Å². The van der Waals surface area contributed by atoms with Crippen LogP contribution in [0.4, 0.5) is 0 Å². The third kappa shape index (κ3) is 3.00. The summed E-state index contributed by atoms with van der Waals surface area (Å²) in [5.41, 5.74) is 6.40. The highest BCUT2D eigenvalue weighted by atomic mass is 16.5. The third-order valence-electron chi connectivity index (χ3n) is 3.06. The van der Waals surface area contributed by atoms with Crippen molar-refractivity contribution in [2.75, 3.05) is 27.2 Å². The van der Waals surface area contributed by atoms with E-state index in [-0.39, 0.29) is 5.84 Å². The number of fused-ring (bicyclic) bond motifs is 1. The second-order valence-corrected chi connectivity index (χ2v) is 4.79. The Morgan fingerprint density at radius 1 is 1.20 bits per heavy atom. The van der Waals surface area contributed by atoms with Gasteiger partial charge in [0.05, 0.1) is 0 Å². The molecule has 0 atom stereocenters. The first-order valence-corrected chi connectivity index (χ1v) is 6.40. The third-order valence-corrected chi connectivity index (χ3v) is 3.06. The monoisotopic (exact) mass is 273 g/mol. The molecule has 5 heteroatoms. The predicted molar refractivity (Wildman–Crippen MR) is 80.5 cm³/mol. The van der Waals surface area contributed by atoms with Gasteiger partial charge >= 0.3 is 0 Å². The second-order valence-electron chi connectivity index (χ2n) is 4.79. The summed E-state index contributed by atoms with van der Waals surface area (Å²) in [6.45, 7) is 1.45. The van der Waals surface area contributed by atoms with Crippen LogP contribution in [-0.2, 0) is 0 Å². The summed E-state index contributed by atoms with van der Waals surface area (Å²) in [7, 11) is 4.01. The van der Waals surface area contributed by atoms with Gasteiger partial charge in [0.15, 0.2) is 5.84 Å². The van der Waals surface area contributed by atoms with Gasteiger partial charge in [0, 0.05) is 17.5 Å². The maximum Gasteiger partial charge on any atom is 0.170 e. The number of hydrogen-bond donors (Lipinski definition) is 2. The zero-order chi connectivity index (χ0) is 14.5. The zero-order valence-electron chi connectivity index (χ0n) is 11.7. The van der Waals surface area contributed by atoms with Crippen LogP contribution in [0.1, 0.15) is 5.56 Å². The molecule has 2 aromatic rings. The number of nitrogens with zero attached hydrogens (tertiary/aromatic N) is 2. The predicted octanol–water partition coefficient (Wildman–Crippen LogP) is 1.87. The van der Waals surface area contributed by atoms with Gasteiger partial charge in [0.2, 0.25) is 0 Å². The smallest absolute Gasteiger partial charge is 0.170 e. The van der Waals surface area contributed by atoms with Crippen molar-refractivity contribution >= 4 is 16.6 Å². The lowest BCUT2D eigenvalue weighted by atomic mass is 10.0. The molecule has 0 spiro atoms. The van der Waals surface area contributed by atoms with Crippen molar-refractivity contribution in [3.63, 3.8) is 0 Å². The van der Waals surface area contributed by atoms with E-state index in [1.807, 2.05) is 50.5 Å². The number of oxime groups is 1. The highest BCUT2D eigenvalue weighted by molar-refractivity contribution is 6.10. The fourth-order valence-electron chi connectivity index (χ4n) is 2.01. The molecule has 0 unspecified atom stereocenters. The lowest BCUT2D eigenvalue weighted by Gasteiger charge is -2.14. The Labute approximate surface area is 118 Å². The molecule has 0 saturated carbocycles. The van der Waals surface area contributed by atoms with Gasteiger partial charge in [0.25, 0.3) is 0 Å². The average molecular weight is 273 g/mol. The molecule has 106 valence electrons. The van der Waals surface area contributed by atoms with Crippen molar-refractivity contribution in [2.45, 2.75) is 0 Å². The molecule has 0 fully saturated rings. The molecule has 0 aromatic heterocycles. The molecule has 5 nitrogen and oxygen atoms in total. The Balaban J connectivity index is 2.38. The summed E-state index contributed by atoms with van der Waals surface area (Å²) in [6, 6.07) is 11.4. The number of ether oxygens (including phenoxy) is 1. The first-order valence-electron chi connectivity index (χ1n) is 6.40. The van der Waals surface area contributed by atoms with Crippen LogP contribution in [0.2, 0.25) is 0 Å². The Morgan fingerprint density at radius 3 is 2.55 bits per heavy atom. The quantitative estimate of drug-likeness (QED) is 0.377. The van der Waals surface area contributed by atoms with E-state index in [4.69, 9.17) is 15.7 Å². The van der Waals surface area contributed by atoms with E-state index in [9.17, 15) is 0 Å². The molecule has 0 amide bonds.